The van der Waals surface area contributed by atoms with Crippen LogP contribution in [0, 0.1) is 11.6 Å². The lowest BCUT2D eigenvalue weighted by atomic mass is 10.1. The fraction of sp³-hybridized carbons (Fsp3) is 0.222. The highest BCUT2D eigenvalue weighted by Crippen LogP contribution is 2.33. The van der Waals surface area contributed by atoms with Crippen molar-refractivity contribution in [2.24, 2.45) is 0 Å². The van der Waals surface area contributed by atoms with E-state index in [4.69, 9.17) is 0 Å². The Morgan fingerprint density at radius 3 is 2.13 bits per heavy atom. The van der Waals surface area contributed by atoms with Gasteiger partial charge < -0.3 is 0 Å². The minimum Gasteiger partial charge on any atom is -0.295 e. The average molecular weight is 224 g/mol. The van der Waals surface area contributed by atoms with Crippen molar-refractivity contribution in [3.63, 3.8) is 0 Å². The normalized spacial score (nSPS) is 11.6. The summed E-state index contributed by atoms with van der Waals surface area (Å²) in [6.45, 7) is 0.965. The Bertz CT molecular complexity index is 408. The summed E-state index contributed by atoms with van der Waals surface area (Å²) in [4.78, 5) is 10.7. The fourth-order valence-corrected chi connectivity index (χ4v) is 0.999. The summed E-state index contributed by atoms with van der Waals surface area (Å²) in [7, 11) is 0. The van der Waals surface area contributed by atoms with Crippen LogP contribution >= 0.6 is 0 Å². The smallest absolute Gasteiger partial charge is 0.295 e. The van der Waals surface area contributed by atoms with Crippen LogP contribution < -0.4 is 0 Å². The highest BCUT2D eigenvalue weighted by molar-refractivity contribution is 5.94. The molecule has 0 unspecified atom stereocenters. The first-order valence-corrected chi connectivity index (χ1v) is 3.80. The lowest BCUT2D eigenvalue weighted by Gasteiger charge is -2.09. The summed E-state index contributed by atoms with van der Waals surface area (Å²) in [6, 6.07) is 0.730. The second kappa shape index (κ2) is 3.60. The van der Waals surface area contributed by atoms with Crippen LogP contribution in [0.2, 0.25) is 0 Å². The van der Waals surface area contributed by atoms with Crippen LogP contribution in [0.3, 0.4) is 0 Å². The molecule has 0 aromatic heterocycles. The van der Waals surface area contributed by atoms with Crippen LogP contribution in [0.5, 0.6) is 0 Å². The zero-order valence-electron chi connectivity index (χ0n) is 7.45. The van der Waals surface area contributed by atoms with Gasteiger partial charge in [-0.3, -0.25) is 4.79 Å². The summed E-state index contributed by atoms with van der Waals surface area (Å²) in [5, 5.41) is 0. The Hall–Kier alpha value is -1.46. The number of carbonyl (C=O) groups excluding carboxylic acids is 1. The number of ketones is 1. The van der Waals surface area contributed by atoms with E-state index in [9.17, 15) is 26.7 Å². The first kappa shape index (κ1) is 11.6. The average Bonchev–Trinajstić information content (AvgIpc) is 2.06. The molecule has 0 bridgehead atoms. The predicted octanol–water partition coefficient (Wildman–Crippen LogP) is 3.19. The molecular formula is C9H5F5O. The molecule has 0 heterocycles. The molecule has 0 aliphatic rings. The van der Waals surface area contributed by atoms with Gasteiger partial charge in [0.1, 0.15) is 0 Å². The second-order valence-corrected chi connectivity index (χ2v) is 2.87. The number of hydrogen-bond acceptors (Lipinski definition) is 1. The molecular weight excluding hydrogens is 219 g/mol. The minimum atomic E-state index is -5.02. The molecule has 15 heavy (non-hydrogen) atoms. The van der Waals surface area contributed by atoms with E-state index in [1.807, 2.05) is 0 Å². The Morgan fingerprint density at radius 2 is 1.73 bits per heavy atom. The summed E-state index contributed by atoms with van der Waals surface area (Å²) < 4.78 is 61.9. The second-order valence-electron chi connectivity index (χ2n) is 2.87. The van der Waals surface area contributed by atoms with Gasteiger partial charge in [0.15, 0.2) is 17.4 Å². The summed E-state index contributed by atoms with van der Waals surface area (Å²) >= 11 is 0. The molecule has 1 rings (SSSR count). The SMILES string of the molecule is CC(=O)c1cc(F)c(F)c(C(F)(F)F)c1. The Balaban J connectivity index is 3.45. The molecule has 1 aromatic carbocycles. The summed E-state index contributed by atoms with van der Waals surface area (Å²) in [6.07, 6.45) is -5.02. The number of hydrogen-bond donors (Lipinski definition) is 0. The highest BCUT2D eigenvalue weighted by atomic mass is 19.4. The fourth-order valence-electron chi connectivity index (χ4n) is 0.999. The topological polar surface area (TPSA) is 17.1 Å². The van der Waals surface area contributed by atoms with Crippen LogP contribution in [0.15, 0.2) is 12.1 Å². The van der Waals surface area contributed by atoms with Gasteiger partial charge in [0.05, 0.1) is 5.56 Å². The van der Waals surface area contributed by atoms with Crippen LogP contribution in [0.1, 0.15) is 22.8 Å². The maximum Gasteiger partial charge on any atom is 0.419 e. The predicted molar refractivity (Wildman–Crippen MR) is 41.4 cm³/mol. The molecule has 0 saturated carbocycles. The van der Waals surface area contributed by atoms with Gasteiger partial charge in [-0.1, -0.05) is 0 Å². The van der Waals surface area contributed by atoms with Gasteiger partial charge in [-0.25, -0.2) is 8.78 Å². The number of Topliss-reactive ketones (excluding diaryl/α,β-unsaturated/α-hetero) is 1. The standard InChI is InChI=1S/C9H5F5O/c1-4(15)5-2-6(9(12,13)14)8(11)7(10)3-5/h2-3H,1H3. The molecule has 1 aromatic rings. The van der Waals surface area contributed by atoms with E-state index >= 15 is 0 Å². The maximum absolute atomic E-state index is 12.7. The molecule has 0 spiro atoms. The maximum atomic E-state index is 12.7. The third-order valence-corrected chi connectivity index (χ3v) is 1.74. The van der Waals surface area contributed by atoms with Gasteiger partial charge in [0.2, 0.25) is 0 Å². The van der Waals surface area contributed by atoms with Crippen molar-refractivity contribution in [1.29, 1.82) is 0 Å². The molecule has 0 saturated heterocycles. The molecule has 1 nitrogen and oxygen atoms in total. The quantitative estimate of drug-likeness (QED) is 0.528. The molecule has 0 fully saturated rings. The van der Waals surface area contributed by atoms with E-state index in [1.54, 1.807) is 0 Å². The zero-order chi connectivity index (χ0) is 11.8. The van der Waals surface area contributed by atoms with E-state index < -0.39 is 34.7 Å². The van der Waals surface area contributed by atoms with Crippen molar-refractivity contribution in [3.05, 3.63) is 34.9 Å². The number of benzene rings is 1. The lowest BCUT2D eigenvalue weighted by Crippen LogP contribution is -2.11. The monoisotopic (exact) mass is 224 g/mol. The largest absolute Gasteiger partial charge is 0.419 e. The highest BCUT2D eigenvalue weighted by Gasteiger charge is 2.36. The molecule has 0 atom stereocenters. The third kappa shape index (κ3) is 2.31. The summed E-state index contributed by atoms with van der Waals surface area (Å²) in [5.41, 5.74) is -2.28. The number of halogens is 5. The van der Waals surface area contributed by atoms with Crippen molar-refractivity contribution in [2.75, 3.05) is 0 Å². The van der Waals surface area contributed by atoms with E-state index in [1.165, 1.54) is 0 Å². The molecule has 0 radical (unpaired) electrons. The first-order chi connectivity index (χ1) is 6.73. The van der Waals surface area contributed by atoms with E-state index in [-0.39, 0.29) is 0 Å². The Kier molecular flexibility index (Phi) is 2.79. The van der Waals surface area contributed by atoms with Crippen LogP contribution in [0.4, 0.5) is 22.0 Å². The van der Waals surface area contributed by atoms with Crippen molar-refractivity contribution in [1.82, 2.24) is 0 Å². The van der Waals surface area contributed by atoms with E-state index in [0.717, 1.165) is 6.92 Å². The van der Waals surface area contributed by atoms with Gasteiger partial charge >= 0.3 is 6.18 Å². The Morgan fingerprint density at radius 1 is 1.20 bits per heavy atom. The molecule has 0 amide bonds. The number of rotatable bonds is 1. The van der Waals surface area contributed by atoms with Crippen molar-refractivity contribution < 1.29 is 26.7 Å². The zero-order valence-corrected chi connectivity index (χ0v) is 7.45. The Labute approximate surface area is 81.5 Å². The van der Waals surface area contributed by atoms with Crippen LogP contribution in [-0.2, 0) is 6.18 Å². The molecule has 0 aliphatic carbocycles. The number of carbonyl (C=O) groups is 1. The van der Waals surface area contributed by atoms with Crippen LogP contribution in [0.25, 0.3) is 0 Å². The van der Waals surface area contributed by atoms with Crippen molar-refractivity contribution >= 4 is 5.78 Å². The molecule has 0 N–H and O–H groups in total. The molecule has 82 valence electrons. The molecule has 0 aliphatic heterocycles. The van der Waals surface area contributed by atoms with Gasteiger partial charge in [-0.15, -0.1) is 0 Å². The van der Waals surface area contributed by atoms with E-state index in [0.29, 0.717) is 12.1 Å². The third-order valence-electron chi connectivity index (χ3n) is 1.74. The van der Waals surface area contributed by atoms with Gasteiger partial charge in [0, 0.05) is 5.56 Å². The van der Waals surface area contributed by atoms with Crippen molar-refractivity contribution in [3.8, 4) is 0 Å². The lowest BCUT2D eigenvalue weighted by molar-refractivity contribution is -0.140. The van der Waals surface area contributed by atoms with Gasteiger partial charge in [-0.05, 0) is 19.1 Å². The van der Waals surface area contributed by atoms with Crippen molar-refractivity contribution in [2.45, 2.75) is 13.1 Å². The summed E-state index contributed by atoms with van der Waals surface area (Å²) in [5.74, 6) is -4.44. The number of alkyl halides is 3. The molecule has 6 heteroatoms. The van der Waals surface area contributed by atoms with Crippen LogP contribution in [-0.4, -0.2) is 5.78 Å². The minimum absolute atomic E-state index is 0.292. The van der Waals surface area contributed by atoms with Gasteiger partial charge in [0.25, 0.3) is 0 Å². The van der Waals surface area contributed by atoms with Gasteiger partial charge in [-0.2, -0.15) is 13.2 Å². The first-order valence-electron chi connectivity index (χ1n) is 3.80. The van der Waals surface area contributed by atoms with E-state index in [2.05, 4.69) is 0 Å².